The van der Waals surface area contributed by atoms with E-state index in [2.05, 4.69) is 32.7 Å². The van der Waals surface area contributed by atoms with Crippen molar-refractivity contribution in [3.63, 3.8) is 0 Å². The molecule has 0 saturated carbocycles. The molecule has 1 saturated heterocycles. The summed E-state index contributed by atoms with van der Waals surface area (Å²) in [6.07, 6.45) is 1.77. The number of rotatable bonds is 4. The zero-order valence-electron chi connectivity index (χ0n) is 14.8. The Morgan fingerprint density at radius 2 is 2.12 bits per heavy atom. The molecule has 2 aliphatic heterocycles. The van der Waals surface area contributed by atoms with E-state index in [0.29, 0.717) is 13.0 Å². The second kappa shape index (κ2) is 9.03. The monoisotopic (exact) mass is 492 g/mol. The topological polar surface area (TPSA) is 90.9 Å². The Labute approximate surface area is 171 Å². The minimum atomic E-state index is -2.97. The lowest BCUT2D eigenvalue weighted by Crippen LogP contribution is -2.43. The maximum atomic E-state index is 12.0. The number of anilines is 1. The Morgan fingerprint density at radius 1 is 1.35 bits per heavy atom. The summed E-state index contributed by atoms with van der Waals surface area (Å²) in [5.74, 6) is 0.836. The quantitative estimate of drug-likeness (QED) is 0.371. The van der Waals surface area contributed by atoms with Gasteiger partial charge in [-0.25, -0.2) is 8.42 Å². The highest BCUT2D eigenvalue weighted by Gasteiger charge is 2.28. The third kappa shape index (κ3) is 5.09. The molecule has 0 aliphatic carbocycles. The molecule has 9 heteroatoms. The number of sulfone groups is 1. The Morgan fingerprint density at radius 3 is 2.81 bits per heavy atom. The van der Waals surface area contributed by atoms with E-state index < -0.39 is 9.84 Å². The number of carbonyl (C=O) groups is 1. The average Bonchev–Trinajstić information content (AvgIpc) is 3.15. The van der Waals surface area contributed by atoms with Crippen LogP contribution < -0.4 is 15.5 Å². The zero-order chi connectivity index (χ0) is 17.9. The van der Waals surface area contributed by atoms with Crippen LogP contribution in [-0.4, -0.2) is 58.0 Å². The van der Waals surface area contributed by atoms with E-state index in [9.17, 15) is 13.2 Å². The highest BCUT2D eigenvalue weighted by atomic mass is 127. The van der Waals surface area contributed by atoms with Crippen LogP contribution in [0.15, 0.2) is 29.3 Å². The fourth-order valence-electron chi connectivity index (χ4n) is 3.35. The van der Waals surface area contributed by atoms with Gasteiger partial charge in [0.25, 0.3) is 0 Å². The second-order valence-corrected chi connectivity index (χ2v) is 8.65. The van der Waals surface area contributed by atoms with Gasteiger partial charge >= 0.3 is 0 Å². The lowest BCUT2D eigenvalue weighted by Gasteiger charge is -2.22. The summed E-state index contributed by atoms with van der Waals surface area (Å²) in [7, 11) is -1.25. The summed E-state index contributed by atoms with van der Waals surface area (Å²) < 4.78 is 22.9. The average molecular weight is 492 g/mol. The molecule has 1 fully saturated rings. The predicted molar refractivity (Wildman–Crippen MR) is 114 cm³/mol. The summed E-state index contributed by atoms with van der Waals surface area (Å²) in [5, 5.41) is 6.02. The van der Waals surface area contributed by atoms with Crippen molar-refractivity contribution < 1.29 is 13.2 Å². The molecule has 2 aliphatic rings. The maximum absolute atomic E-state index is 12.0. The normalized spacial score (nSPS) is 21.0. The highest BCUT2D eigenvalue weighted by Crippen LogP contribution is 2.27. The number of benzene rings is 1. The molecule has 1 atom stereocenters. The number of hydrogen-bond donors (Lipinski definition) is 2. The van der Waals surface area contributed by atoms with Crippen molar-refractivity contribution in [3.05, 3.63) is 29.8 Å². The Bertz CT molecular complexity index is 782. The van der Waals surface area contributed by atoms with Crippen LogP contribution in [-0.2, 0) is 21.1 Å². The van der Waals surface area contributed by atoms with Crippen molar-refractivity contribution in [2.24, 2.45) is 4.99 Å². The number of carbonyl (C=O) groups excluding carboxylic acids is 1. The van der Waals surface area contributed by atoms with Crippen LogP contribution in [0.1, 0.15) is 18.4 Å². The van der Waals surface area contributed by atoms with Crippen molar-refractivity contribution in [2.45, 2.75) is 25.3 Å². The molecule has 0 spiro atoms. The van der Waals surface area contributed by atoms with Gasteiger partial charge in [-0.3, -0.25) is 9.79 Å². The molecule has 3 rings (SSSR count). The molecule has 1 unspecified atom stereocenters. The number of amides is 1. The Hall–Kier alpha value is -1.36. The first-order chi connectivity index (χ1) is 12.0. The Kier molecular flexibility index (Phi) is 7.27. The van der Waals surface area contributed by atoms with Gasteiger partial charge in [0.2, 0.25) is 5.91 Å². The fourth-order valence-corrected chi connectivity index (χ4v) is 5.02. The van der Waals surface area contributed by atoms with Crippen LogP contribution in [0.3, 0.4) is 0 Å². The minimum Gasteiger partial charge on any atom is -0.355 e. The van der Waals surface area contributed by atoms with Gasteiger partial charge in [0, 0.05) is 38.3 Å². The standard InChI is InChI=1S/C17H24N4O3S.HI/c1-18-17(21-10-7-13-4-2-3-5-15(13)21)19-9-6-16(22)20-14-8-11-25(23,24)12-14;/h2-5,14H,6-12H2,1H3,(H,18,19)(H,20,22);1H. The largest absolute Gasteiger partial charge is 0.355 e. The van der Waals surface area contributed by atoms with E-state index in [4.69, 9.17) is 0 Å². The van der Waals surface area contributed by atoms with Crippen molar-refractivity contribution >= 4 is 51.4 Å². The molecule has 2 N–H and O–H groups in total. The summed E-state index contributed by atoms with van der Waals surface area (Å²) in [6.45, 7) is 1.32. The van der Waals surface area contributed by atoms with Crippen LogP contribution in [0, 0.1) is 0 Å². The van der Waals surface area contributed by atoms with Gasteiger partial charge in [0.05, 0.1) is 11.5 Å². The van der Waals surface area contributed by atoms with Crippen LogP contribution in [0.5, 0.6) is 0 Å². The lowest BCUT2D eigenvalue weighted by molar-refractivity contribution is -0.121. The molecular weight excluding hydrogens is 467 g/mol. The van der Waals surface area contributed by atoms with Crippen molar-refractivity contribution in [3.8, 4) is 0 Å². The predicted octanol–water partition coefficient (Wildman–Crippen LogP) is 0.936. The summed E-state index contributed by atoms with van der Waals surface area (Å²) in [4.78, 5) is 18.4. The summed E-state index contributed by atoms with van der Waals surface area (Å²) in [6, 6.07) is 7.98. The first-order valence-corrected chi connectivity index (χ1v) is 10.4. The van der Waals surface area contributed by atoms with Crippen LogP contribution in [0.4, 0.5) is 5.69 Å². The van der Waals surface area contributed by atoms with Crippen molar-refractivity contribution in [2.75, 3.05) is 36.5 Å². The third-order valence-electron chi connectivity index (χ3n) is 4.59. The van der Waals surface area contributed by atoms with Gasteiger partial charge in [0.15, 0.2) is 15.8 Å². The second-order valence-electron chi connectivity index (χ2n) is 6.42. The molecule has 2 heterocycles. The first-order valence-electron chi connectivity index (χ1n) is 8.54. The number of guanidine groups is 1. The molecular formula is C17H25IN4O3S. The Balaban J connectivity index is 0.00000243. The van der Waals surface area contributed by atoms with Gasteiger partial charge in [-0.2, -0.15) is 0 Å². The van der Waals surface area contributed by atoms with Crippen molar-refractivity contribution in [1.29, 1.82) is 0 Å². The number of hydrogen-bond acceptors (Lipinski definition) is 4. The molecule has 1 aromatic carbocycles. The smallest absolute Gasteiger partial charge is 0.222 e. The third-order valence-corrected chi connectivity index (χ3v) is 6.36. The van der Waals surface area contributed by atoms with E-state index in [1.165, 1.54) is 5.56 Å². The highest BCUT2D eigenvalue weighted by molar-refractivity contribution is 14.0. The SMILES string of the molecule is CN=C(NCCC(=O)NC1CCS(=O)(=O)C1)N1CCc2ccccc21.I. The van der Waals surface area contributed by atoms with Gasteiger partial charge in [-0.1, -0.05) is 18.2 Å². The number of aliphatic imine (C=N–C) groups is 1. The van der Waals surface area contributed by atoms with E-state index in [0.717, 1.165) is 24.6 Å². The summed E-state index contributed by atoms with van der Waals surface area (Å²) >= 11 is 0. The van der Waals surface area contributed by atoms with Gasteiger partial charge in [-0.15, -0.1) is 24.0 Å². The van der Waals surface area contributed by atoms with E-state index >= 15 is 0 Å². The molecule has 0 bridgehead atoms. The lowest BCUT2D eigenvalue weighted by atomic mass is 10.2. The van der Waals surface area contributed by atoms with E-state index in [1.54, 1.807) is 7.05 Å². The van der Waals surface area contributed by atoms with E-state index in [-0.39, 0.29) is 53.9 Å². The molecule has 0 radical (unpaired) electrons. The molecule has 1 amide bonds. The van der Waals surface area contributed by atoms with Crippen LogP contribution >= 0.6 is 24.0 Å². The molecule has 0 aromatic heterocycles. The van der Waals surface area contributed by atoms with Gasteiger partial charge < -0.3 is 15.5 Å². The fraction of sp³-hybridized carbons (Fsp3) is 0.529. The number of halogens is 1. The molecule has 26 heavy (non-hydrogen) atoms. The number of nitrogens with one attached hydrogen (secondary N) is 2. The number of para-hydroxylation sites is 1. The summed E-state index contributed by atoms with van der Waals surface area (Å²) in [5.41, 5.74) is 2.45. The van der Waals surface area contributed by atoms with Gasteiger partial charge in [0.1, 0.15) is 0 Å². The number of nitrogens with zero attached hydrogens (tertiary/aromatic N) is 2. The van der Waals surface area contributed by atoms with Gasteiger partial charge in [-0.05, 0) is 24.5 Å². The zero-order valence-corrected chi connectivity index (χ0v) is 17.9. The van der Waals surface area contributed by atoms with Crippen LogP contribution in [0.25, 0.3) is 0 Å². The van der Waals surface area contributed by atoms with Crippen LogP contribution in [0.2, 0.25) is 0 Å². The number of fused-ring (bicyclic) bond motifs is 1. The molecule has 1 aromatic rings. The van der Waals surface area contributed by atoms with E-state index in [1.807, 2.05) is 12.1 Å². The first kappa shape index (κ1) is 20.9. The van der Waals surface area contributed by atoms with Crippen molar-refractivity contribution in [1.82, 2.24) is 10.6 Å². The molecule has 7 nitrogen and oxygen atoms in total. The minimum absolute atomic E-state index is 0. The molecule has 144 valence electrons. The maximum Gasteiger partial charge on any atom is 0.222 e.